The van der Waals surface area contributed by atoms with Gasteiger partial charge in [-0.15, -0.1) is 11.8 Å². The Morgan fingerprint density at radius 1 is 1.10 bits per heavy atom. The lowest BCUT2D eigenvalue weighted by molar-refractivity contribution is 0.400. The third-order valence-corrected chi connectivity index (χ3v) is 6.05. The predicted molar refractivity (Wildman–Crippen MR) is 95.3 cm³/mol. The molecular formula is C19H31NS. The molecule has 1 nitrogen and oxygen atoms in total. The van der Waals surface area contributed by atoms with Crippen LogP contribution in [0.4, 0.5) is 0 Å². The van der Waals surface area contributed by atoms with Crippen molar-refractivity contribution >= 4 is 11.8 Å². The summed E-state index contributed by atoms with van der Waals surface area (Å²) in [5.41, 5.74) is 2.81. The van der Waals surface area contributed by atoms with Gasteiger partial charge in [-0.3, -0.25) is 0 Å². The molecule has 1 aromatic carbocycles. The molecule has 21 heavy (non-hydrogen) atoms. The molecule has 0 heterocycles. The maximum atomic E-state index is 3.82. The summed E-state index contributed by atoms with van der Waals surface area (Å²) in [5, 5.41) is 4.55. The van der Waals surface area contributed by atoms with Gasteiger partial charge in [0.2, 0.25) is 0 Å². The van der Waals surface area contributed by atoms with Crippen molar-refractivity contribution in [2.75, 3.05) is 6.54 Å². The predicted octanol–water partition coefficient (Wildman–Crippen LogP) is 5.49. The molecule has 1 fully saturated rings. The highest BCUT2D eigenvalue weighted by molar-refractivity contribution is 8.00. The fraction of sp³-hybridized carbons (Fsp3) is 0.684. The van der Waals surface area contributed by atoms with Crippen molar-refractivity contribution in [3.05, 3.63) is 29.3 Å². The van der Waals surface area contributed by atoms with E-state index in [9.17, 15) is 0 Å². The first-order chi connectivity index (χ1) is 10.2. The van der Waals surface area contributed by atoms with Gasteiger partial charge in [0.05, 0.1) is 0 Å². The molecule has 2 unspecified atom stereocenters. The Balaban J connectivity index is 2.07. The summed E-state index contributed by atoms with van der Waals surface area (Å²) in [4.78, 5) is 1.48. The van der Waals surface area contributed by atoms with Crippen molar-refractivity contribution in [1.29, 1.82) is 0 Å². The molecule has 0 bridgehead atoms. The lowest BCUT2D eigenvalue weighted by Crippen LogP contribution is -2.39. The molecular weight excluding hydrogens is 274 g/mol. The quantitative estimate of drug-likeness (QED) is 0.772. The van der Waals surface area contributed by atoms with Gasteiger partial charge in [-0.1, -0.05) is 50.3 Å². The van der Waals surface area contributed by atoms with Gasteiger partial charge in [-0.05, 0) is 51.3 Å². The Labute approximate surface area is 135 Å². The molecule has 0 saturated heterocycles. The Morgan fingerprint density at radius 3 is 2.57 bits per heavy atom. The second-order valence-corrected chi connectivity index (χ2v) is 7.76. The first-order valence-corrected chi connectivity index (χ1v) is 9.56. The van der Waals surface area contributed by atoms with Crippen LogP contribution >= 0.6 is 11.8 Å². The molecule has 0 aromatic heterocycles. The van der Waals surface area contributed by atoms with Gasteiger partial charge in [0, 0.05) is 16.2 Å². The monoisotopic (exact) mass is 305 g/mol. The zero-order chi connectivity index (χ0) is 15.1. The molecule has 0 amide bonds. The van der Waals surface area contributed by atoms with E-state index in [-0.39, 0.29) is 0 Å². The number of thioether (sulfide) groups is 1. The van der Waals surface area contributed by atoms with Gasteiger partial charge in [0.25, 0.3) is 0 Å². The summed E-state index contributed by atoms with van der Waals surface area (Å²) in [7, 11) is 0. The molecule has 0 aliphatic heterocycles. The van der Waals surface area contributed by atoms with Crippen LogP contribution in [-0.4, -0.2) is 17.8 Å². The van der Waals surface area contributed by atoms with Crippen molar-refractivity contribution in [3.63, 3.8) is 0 Å². The average Bonchev–Trinajstić information content (AvgIpc) is 2.44. The molecule has 1 N–H and O–H groups in total. The normalized spacial score (nSPS) is 23.6. The minimum Gasteiger partial charge on any atom is -0.313 e. The number of hydrogen-bond acceptors (Lipinski definition) is 2. The topological polar surface area (TPSA) is 12.0 Å². The van der Waals surface area contributed by atoms with Crippen LogP contribution in [0.2, 0.25) is 0 Å². The molecule has 118 valence electrons. The van der Waals surface area contributed by atoms with Crippen molar-refractivity contribution < 1.29 is 0 Å². The first-order valence-electron chi connectivity index (χ1n) is 8.68. The van der Waals surface area contributed by atoms with Crippen molar-refractivity contribution in [2.24, 2.45) is 0 Å². The second-order valence-electron chi connectivity index (χ2n) is 6.48. The minimum absolute atomic E-state index is 0.691. The zero-order valence-electron chi connectivity index (χ0n) is 14.0. The van der Waals surface area contributed by atoms with Gasteiger partial charge in [-0.25, -0.2) is 0 Å². The van der Waals surface area contributed by atoms with Gasteiger partial charge < -0.3 is 5.32 Å². The standard InChI is InChI=1S/C19H31NS/c1-4-13-20-17-9-7-5-6-8-10-19(17)21-18-12-11-15(2)14-16(18)3/h11-12,14,17,19-20H,4-10,13H2,1-3H3. The van der Waals surface area contributed by atoms with Crippen LogP contribution in [0, 0.1) is 13.8 Å². The van der Waals surface area contributed by atoms with E-state index in [1.165, 1.54) is 61.0 Å². The van der Waals surface area contributed by atoms with E-state index in [2.05, 4.69) is 56.0 Å². The molecule has 1 aliphatic carbocycles. The maximum Gasteiger partial charge on any atom is 0.0248 e. The Kier molecular flexibility index (Phi) is 7.12. The van der Waals surface area contributed by atoms with E-state index in [4.69, 9.17) is 0 Å². The van der Waals surface area contributed by atoms with Gasteiger partial charge >= 0.3 is 0 Å². The molecule has 2 atom stereocenters. The second kappa shape index (κ2) is 8.85. The zero-order valence-corrected chi connectivity index (χ0v) is 14.8. The minimum atomic E-state index is 0.691. The fourth-order valence-electron chi connectivity index (χ4n) is 3.25. The number of aryl methyl sites for hydroxylation is 2. The molecule has 0 spiro atoms. The van der Waals surface area contributed by atoms with E-state index >= 15 is 0 Å². The molecule has 2 rings (SSSR count). The maximum absolute atomic E-state index is 3.82. The number of hydrogen-bond donors (Lipinski definition) is 1. The summed E-state index contributed by atoms with van der Waals surface area (Å²) in [6.07, 6.45) is 9.58. The number of benzene rings is 1. The van der Waals surface area contributed by atoms with E-state index < -0.39 is 0 Å². The highest BCUT2D eigenvalue weighted by atomic mass is 32.2. The molecule has 2 heteroatoms. The molecule has 0 radical (unpaired) electrons. The molecule has 1 aromatic rings. The third kappa shape index (κ3) is 5.34. The Hall–Kier alpha value is -0.470. The van der Waals surface area contributed by atoms with Crippen molar-refractivity contribution in [3.8, 4) is 0 Å². The first kappa shape index (κ1) is 16.9. The van der Waals surface area contributed by atoms with Crippen LogP contribution in [0.3, 0.4) is 0 Å². The van der Waals surface area contributed by atoms with Crippen LogP contribution in [0.25, 0.3) is 0 Å². The van der Waals surface area contributed by atoms with Crippen LogP contribution in [0.15, 0.2) is 23.1 Å². The molecule has 1 saturated carbocycles. The van der Waals surface area contributed by atoms with Crippen molar-refractivity contribution in [2.45, 2.75) is 81.9 Å². The third-order valence-electron chi connectivity index (χ3n) is 4.47. The van der Waals surface area contributed by atoms with Crippen LogP contribution in [0.1, 0.15) is 63.0 Å². The summed E-state index contributed by atoms with van der Waals surface area (Å²) in [5.74, 6) is 0. The highest BCUT2D eigenvalue weighted by Gasteiger charge is 2.23. The Bertz CT molecular complexity index is 428. The van der Waals surface area contributed by atoms with Crippen LogP contribution in [-0.2, 0) is 0 Å². The number of rotatable bonds is 5. The van der Waals surface area contributed by atoms with E-state index in [1.54, 1.807) is 0 Å². The summed E-state index contributed by atoms with van der Waals surface area (Å²) in [6.45, 7) is 7.87. The van der Waals surface area contributed by atoms with E-state index in [0.717, 1.165) is 11.8 Å². The Morgan fingerprint density at radius 2 is 1.86 bits per heavy atom. The molecule has 1 aliphatic rings. The van der Waals surface area contributed by atoms with Crippen LogP contribution < -0.4 is 5.32 Å². The highest BCUT2D eigenvalue weighted by Crippen LogP contribution is 2.34. The van der Waals surface area contributed by atoms with Crippen LogP contribution in [0.5, 0.6) is 0 Å². The average molecular weight is 306 g/mol. The lowest BCUT2D eigenvalue weighted by Gasteiger charge is -2.30. The summed E-state index contributed by atoms with van der Waals surface area (Å²) < 4.78 is 0. The summed E-state index contributed by atoms with van der Waals surface area (Å²) >= 11 is 2.12. The van der Waals surface area contributed by atoms with E-state index in [1.807, 2.05) is 0 Å². The number of nitrogens with one attached hydrogen (secondary N) is 1. The largest absolute Gasteiger partial charge is 0.313 e. The lowest BCUT2D eigenvalue weighted by atomic mass is 9.96. The fourth-order valence-corrected chi connectivity index (χ4v) is 4.65. The summed E-state index contributed by atoms with van der Waals surface area (Å²) in [6, 6.07) is 7.59. The van der Waals surface area contributed by atoms with Gasteiger partial charge in [-0.2, -0.15) is 0 Å². The SMILES string of the molecule is CCCNC1CCCCCCC1Sc1ccc(C)cc1C. The van der Waals surface area contributed by atoms with Crippen molar-refractivity contribution in [1.82, 2.24) is 5.32 Å². The van der Waals surface area contributed by atoms with E-state index in [0.29, 0.717) is 6.04 Å². The van der Waals surface area contributed by atoms with Gasteiger partial charge in [0.1, 0.15) is 0 Å². The van der Waals surface area contributed by atoms with Gasteiger partial charge in [0.15, 0.2) is 0 Å². The smallest absolute Gasteiger partial charge is 0.0248 e.